The first-order valence-corrected chi connectivity index (χ1v) is 5.99. The van der Waals surface area contributed by atoms with Crippen molar-refractivity contribution >= 4 is 23.8 Å². The number of carbonyl (C=O) groups is 4. The number of rotatable bonds is 4. The van der Waals surface area contributed by atoms with E-state index in [0.717, 1.165) is 7.05 Å². The Morgan fingerprint density at radius 2 is 1.90 bits per heavy atom. The van der Waals surface area contributed by atoms with Crippen molar-refractivity contribution in [2.45, 2.75) is 26.3 Å². The number of amides is 5. The summed E-state index contributed by atoms with van der Waals surface area (Å²) in [5, 5.41) is 11.5. The minimum Gasteiger partial charge on any atom is -0.336 e. The number of nitrogens with zero attached hydrogens (tertiary/aromatic N) is 3. The van der Waals surface area contributed by atoms with E-state index in [-0.39, 0.29) is 5.92 Å². The second-order valence-corrected chi connectivity index (χ2v) is 5.06. The Balaban J connectivity index is 2.78. The molecule has 108 valence electrons. The van der Waals surface area contributed by atoms with Crippen molar-refractivity contribution in [2.75, 3.05) is 13.6 Å². The summed E-state index contributed by atoms with van der Waals surface area (Å²) in [4.78, 5) is 47.4. The number of urea groups is 1. The van der Waals surface area contributed by atoms with Crippen LogP contribution in [-0.2, 0) is 14.4 Å². The Morgan fingerprint density at radius 3 is 2.25 bits per heavy atom. The van der Waals surface area contributed by atoms with Crippen LogP contribution < -0.4 is 5.32 Å². The van der Waals surface area contributed by atoms with Crippen molar-refractivity contribution < 1.29 is 19.2 Å². The van der Waals surface area contributed by atoms with Gasteiger partial charge in [0.25, 0.3) is 0 Å². The zero-order valence-corrected chi connectivity index (χ0v) is 11.8. The number of likely N-dealkylation sites (N-methyl/N-ethyl adjacent to an activating group) is 1. The lowest BCUT2D eigenvalue weighted by Crippen LogP contribution is -2.52. The van der Waals surface area contributed by atoms with Crippen molar-refractivity contribution in [3.63, 3.8) is 0 Å². The van der Waals surface area contributed by atoms with Gasteiger partial charge in [-0.3, -0.25) is 19.3 Å². The smallest absolute Gasteiger partial charge is 0.334 e. The lowest BCUT2D eigenvalue weighted by atomic mass is 9.90. The molecule has 1 rings (SSSR count). The van der Waals surface area contributed by atoms with E-state index in [1.807, 2.05) is 6.07 Å². The number of carbonyl (C=O) groups excluding carboxylic acids is 4. The van der Waals surface area contributed by atoms with E-state index >= 15 is 0 Å². The van der Waals surface area contributed by atoms with Crippen molar-refractivity contribution in [3.05, 3.63) is 0 Å². The van der Waals surface area contributed by atoms with E-state index in [4.69, 9.17) is 5.26 Å². The first kappa shape index (κ1) is 15.6. The zero-order chi connectivity index (χ0) is 15.7. The molecule has 0 aromatic heterocycles. The van der Waals surface area contributed by atoms with Crippen LogP contribution in [0.1, 0.15) is 20.8 Å². The van der Waals surface area contributed by atoms with Gasteiger partial charge in [0.2, 0.25) is 5.91 Å². The average Bonchev–Trinajstić information content (AvgIpc) is 2.56. The van der Waals surface area contributed by atoms with Gasteiger partial charge in [-0.25, -0.2) is 9.69 Å². The first-order chi connectivity index (χ1) is 9.14. The fourth-order valence-electron chi connectivity index (χ4n) is 1.53. The summed E-state index contributed by atoms with van der Waals surface area (Å²) in [6, 6.07) is 1.13. The predicted octanol–water partition coefficient (Wildman–Crippen LogP) is -0.539. The van der Waals surface area contributed by atoms with Crippen LogP contribution in [-0.4, -0.2) is 52.7 Å². The molecule has 1 aliphatic heterocycles. The average molecular weight is 280 g/mol. The summed E-state index contributed by atoms with van der Waals surface area (Å²) in [5.74, 6) is -2.86. The van der Waals surface area contributed by atoms with Crippen LogP contribution in [0, 0.1) is 17.2 Å². The first-order valence-electron chi connectivity index (χ1n) is 5.99. The minimum absolute atomic E-state index is 0.161. The van der Waals surface area contributed by atoms with Crippen molar-refractivity contribution in [3.8, 4) is 6.07 Å². The maximum Gasteiger partial charge on any atom is 0.334 e. The minimum atomic E-state index is -1.11. The van der Waals surface area contributed by atoms with Crippen molar-refractivity contribution in [2.24, 2.45) is 5.92 Å². The molecule has 1 heterocycles. The molecule has 20 heavy (non-hydrogen) atoms. The molecule has 0 aromatic carbocycles. The molecule has 1 saturated heterocycles. The number of hydrogen-bond acceptors (Lipinski definition) is 5. The Morgan fingerprint density at radius 1 is 1.35 bits per heavy atom. The number of nitrogens with one attached hydrogen (secondary N) is 1. The molecule has 0 bridgehead atoms. The maximum absolute atomic E-state index is 11.8. The molecular formula is C12H16N4O4. The highest BCUT2D eigenvalue weighted by Gasteiger charge is 2.43. The lowest BCUT2D eigenvalue weighted by molar-refractivity contribution is -0.143. The highest BCUT2D eigenvalue weighted by atomic mass is 16.2. The predicted molar refractivity (Wildman–Crippen MR) is 66.9 cm³/mol. The lowest BCUT2D eigenvalue weighted by Gasteiger charge is -2.27. The molecule has 1 atom stereocenters. The third kappa shape index (κ3) is 2.61. The van der Waals surface area contributed by atoms with E-state index in [0.29, 0.717) is 9.80 Å². The summed E-state index contributed by atoms with van der Waals surface area (Å²) < 4.78 is 0. The van der Waals surface area contributed by atoms with E-state index in [2.05, 4.69) is 5.32 Å². The largest absolute Gasteiger partial charge is 0.336 e. The fraction of sp³-hybridized carbons (Fsp3) is 0.583. The Labute approximate surface area is 116 Å². The Bertz CT molecular complexity index is 522. The Hall–Kier alpha value is -2.43. The van der Waals surface area contributed by atoms with Crippen LogP contribution in [0.5, 0.6) is 0 Å². The van der Waals surface area contributed by atoms with E-state index < -0.39 is 35.8 Å². The van der Waals surface area contributed by atoms with Crippen LogP contribution in [0.15, 0.2) is 0 Å². The molecule has 0 aliphatic carbocycles. The maximum atomic E-state index is 11.8. The fourth-order valence-corrected chi connectivity index (χ4v) is 1.53. The molecule has 8 nitrogen and oxygen atoms in total. The van der Waals surface area contributed by atoms with E-state index in [1.54, 1.807) is 20.8 Å². The zero-order valence-electron chi connectivity index (χ0n) is 11.8. The molecule has 0 saturated carbocycles. The molecule has 0 radical (unpaired) electrons. The second kappa shape index (κ2) is 5.28. The van der Waals surface area contributed by atoms with Gasteiger partial charge in [0.15, 0.2) is 0 Å². The molecule has 1 N–H and O–H groups in total. The molecule has 0 unspecified atom stereocenters. The molecular weight excluding hydrogens is 264 g/mol. The van der Waals surface area contributed by atoms with Crippen LogP contribution in [0.25, 0.3) is 0 Å². The third-order valence-corrected chi connectivity index (χ3v) is 3.34. The Kier molecular flexibility index (Phi) is 4.13. The molecule has 8 heteroatoms. The van der Waals surface area contributed by atoms with Gasteiger partial charge in [0.1, 0.15) is 12.1 Å². The summed E-state index contributed by atoms with van der Waals surface area (Å²) in [5.41, 5.74) is -1.11. The van der Waals surface area contributed by atoms with Gasteiger partial charge < -0.3 is 5.32 Å². The van der Waals surface area contributed by atoms with Crippen LogP contribution in [0.2, 0.25) is 0 Å². The van der Waals surface area contributed by atoms with E-state index in [1.165, 1.54) is 0 Å². The SMILES string of the molecule is CC(C)[C@](C)(C#N)NC(=O)CN1C(=O)C(=O)N(C)C1=O. The van der Waals surface area contributed by atoms with Gasteiger partial charge in [-0.2, -0.15) is 5.26 Å². The molecule has 5 amide bonds. The van der Waals surface area contributed by atoms with Gasteiger partial charge in [-0.1, -0.05) is 13.8 Å². The van der Waals surface area contributed by atoms with Gasteiger partial charge in [0, 0.05) is 7.05 Å². The van der Waals surface area contributed by atoms with Gasteiger partial charge in [0.05, 0.1) is 6.07 Å². The molecule has 0 spiro atoms. The van der Waals surface area contributed by atoms with Crippen molar-refractivity contribution in [1.82, 2.24) is 15.1 Å². The monoisotopic (exact) mass is 280 g/mol. The normalized spacial score (nSPS) is 18.3. The summed E-state index contributed by atoms with van der Waals surface area (Å²) >= 11 is 0. The quantitative estimate of drug-likeness (QED) is 0.549. The summed E-state index contributed by atoms with van der Waals surface area (Å²) in [7, 11) is 1.16. The molecule has 0 aromatic rings. The van der Waals surface area contributed by atoms with Gasteiger partial charge in [-0.15, -0.1) is 0 Å². The standard InChI is InChI=1S/C12H16N4O4/c1-7(2)12(3,6-13)14-8(17)5-16-10(19)9(18)15(4)11(16)20/h7H,5H2,1-4H3,(H,14,17)/t12-/m0/s1. The third-order valence-electron chi connectivity index (χ3n) is 3.34. The number of imide groups is 2. The molecule has 1 fully saturated rings. The number of nitriles is 1. The number of hydrogen-bond donors (Lipinski definition) is 1. The van der Waals surface area contributed by atoms with Gasteiger partial charge in [-0.05, 0) is 12.8 Å². The van der Waals surface area contributed by atoms with E-state index in [9.17, 15) is 19.2 Å². The summed E-state index contributed by atoms with van der Waals surface area (Å²) in [6.07, 6.45) is 0. The van der Waals surface area contributed by atoms with Crippen LogP contribution >= 0.6 is 0 Å². The second-order valence-electron chi connectivity index (χ2n) is 5.06. The van der Waals surface area contributed by atoms with Crippen LogP contribution in [0.3, 0.4) is 0 Å². The molecule has 1 aliphatic rings. The van der Waals surface area contributed by atoms with Crippen molar-refractivity contribution in [1.29, 1.82) is 5.26 Å². The highest BCUT2D eigenvalue weighted by molar-refractivity contribution is 6.44. The highest BCUT2D eigenvalue weighted by Crippen LogP contribution is 2.15. The van der Waals surface area contributed by atoms with Crippen LogP contribution in [0.4, 0.5) is 4.79 Å². The topological polar surface area (TPSA) is 111 Å². The van der Waals surface area contributed by atoms with Gasteiger partial charge >= 0.3 is 17.8 Å². The summed E-state index contributed by atoms with van der Waals surface area (Å²) in [6.45, 7) is 4.47.